The van der Waals surface area contributed by atoms with Crippen molar-refractivity contribution in [2.75, 3.05) is 20.7 Å². The van der Waals surface area contributed by atoms with Gasteiger partial charge in [0.15, 0.2) is 0 Å². The Morgan fingerprint density at radius 1 is 1.30 bits per heavy atom. The van der Waals surface area contributed by atoms with E-state index in [4.69, 9.17) is 4.74 Å². The molecule has 0 N–H and O–H groups in total. The molecule has 1 aromatic carbocycles. The maximum absolute atomic E-state index is 11.8. The van der Waals surface area contributed by atoms with Crippen molar-refractivity contribution in [3.8, 4) is 16.3 Å². The zero-order valence-electron chi connectivity index (χ0n) is 11.9. The molecule has 0 radical (unpaired) electrons. The van der Waals surface area contributed by atoms with E-state index in [2.05, 4.69) is 11.9 Å². The summed E-state index contributed by atoms with van der Waals surface area (Å²) in [6.45, 7) is 2.80. The van der Waals surface area contributed by atoms with E-state index in [1.165, 1.54) is 16.2 Å². The first-order valence-electron chi connectivity index (χ1n) is 6.52. The normalized spacial score (nSPS) is 10.3. The van der Waals surface area contributed by atoms with Crippen LogP contribution in [0.25, 0.3) is 10.6 Å². The molecule has 0 saturated carbocycles. The summed E-state index contributed by atoms with van der Waals surface area (Å²) >= 11 is 1.47. The van der Waals surface area contributed by atoms with Gasteiger partial charge in [-0.3, -0.25) is 4.79 Å². The van der Waals surface area contributed by atoms with Crippen molar-refractivity contribution < 1.29 is 9.53 Å². The molecule has 0 aliphatic heterocycles. The van der Waals surface area contributed by atoms with Crippen LogP contribution in [0.4, 0.5) is 0 Å². The van der Waals surface area contributed by atoms with Gasteiger partial charge in [0.1, 0.15) is 16.5 Å². The summed E-state index contributed by atoms with van der Waals surface area (Å²) in [6.07, 6.45) is 0.990. The van der Waals surface area contributed by atoms with Gasteiger partial charge >= 0.3 is 0 Å². The van der Waals surface area contributed by atoms with Gasteiger partial charge in [-0.15, -0.1) is 11.3 Å². The molecule has 0 bridgehead atoms. The smallest absolute Gasteiger partial charge is 0.272 e. The number of ether oxygens (including phenoxy) is 1. The van der Waals surface area contributed by atoms with E-state index in [1.54, 1.807) is 19.5 Å². The third-order valence-electron chi connectivity index (χ3n) is 2.70. The highest BCUT2D eigenvalue weighted by atomic mass is 32.1. The first kappa shape index (κ1) is 14.5. The van der Waals surface area contributed by atoms with Crippen LogP contribution in [0.5, 0.6) is 5.75 Å². The molecule has 0 aliphatic rings. The fourth-order valence-electron chi connectivity index (χ4n) is 1.65. The molecule has 0 atom stereocenters. The van der Waals surface area contributed by atoms with Crippen molar-refractivity contribution in [3.05, 3.63) is 35.3 Å². The maximum atomic E-state index is 11.8. The van der Waals surface area contributed by atoms with Gasteiger partial charge in [-0.05, 0) is 30.7 Å². The first-order chi connectivity index (χ1) is 9.61. The highest BCUT2D eigenvalue weighted by Crippen LogP contribution is 2.26. The molecule has 1 amide bonds. The van der Waals surface area contributed by atoms with Gasteiger partial charge in [0.25, 0.3) is 5.91 Å². The van der Waals surface area contributed by atoms with Crippen LogP contribution in [0.15, 0.2) is 29.6 Å². The van der Waals surface area contributed by atoms with Gasteiger partial charge in [-0.1, -0.05) is 6.92 Å². The third-order valence-corrected chi connectivity index (χ3v) is 3.59. The molecule has 4 nitrogen and oxygen atoms in total. The summed E-state index contributed by atoms with van der Waals surface area (Å²) in [4.78, 5) is 17.7. The molecular formula is C15H18N2O2S. The lowest BCUT2D eigenvalue weighted by Crippen LogP contribution is -2.21. The second-order valence-corrected chi connectivity index (χ2v) is 5.47. The Kier molecular flexibility index (Phi) is 4.74. The minimum atomic E-state index is -0.0737. The fourth-order valence-corrected chi connectivity index (χ4v) is 2.45. The van der Waals surface area contributed by atoms with Gasteiger partial charge in [0.05, 0.1) is 6.61 Å². The van der Waals surface area contributed by atoms with Crippen LogP contribution in [0.3, 0.4) is 0 Å². The number of benzene rings is 1. The lowest BCUT2D eigenvalue weighted by atomic mass is 10.2. The summed E-state index contributed by atoms with van der Waals surface area (Å²) in [5.74, 6) is 0.784. The Bertz CT molecular complexity index is 576. The summed E-state index contributed by atoms with van der Waals surface area (Å²) < 4.78 is 5.54. The Labute approximate surface area is 123 Å². The number of hydrogen-bond donors (Lipinski definition) is 0. The van der Waals surface area contributed by atoms with E-state index in [0.717, 1.165) is 29.3 Å². The quantitative estimate of drug-likeness (QED) is 0.848. The lowest BCUT2D eigenvalue weighted by Gasteiger charge is -2.06. The van der Waals surface area contributed by atoms with Crippen LogP contribution in [-0.2, 0) is 0 Å². The van der Waals surface area contributed by atoms with Gasteiger partial charge < -0.3 is 9.64 Å². The molecule has 106 valence electrons. The predicted molar refractivity (Wildman–Crippen MR) is 81.4 cm³/mol. The standard InChI is InChI=1S/C15H18N2O2S/c1-4-9-19-12-7-5-11(6-8-12)14-16-13(10-20-14)15(18)17(2)3/h5-8,10H,4,9H2,1-3H3. The van der Waals surface area contributed by atoms with Crippen molar-refractivity contribution in [1.29, 1.82) is 0 Å². The predicted octanol–water partition coefficient (Wildman–Crippen LogP) is 3.30. The topological polar surface area (TPSA) is 42.4 Å². The molecular weight excluding hydrogens is 272 g/mol. The molecule has 5 heteroatoms. The summed E-state index contributed by atoms with van der Waals surface area (Å²) in [5, 5.41) is 2.64. The zero-order valence-corrected chi connectivity index (χ0v) is 12.7. The van der Waals surface area contributed by atoms with Gasteiger partial charge in [0, 0.05) is 25.0 Å². The number of carbonyl (C=O) groups is 1. The van der Waals surface area contributed by atoms with E-state index in [9.17, 15) is 4.79 Å². The van der Waals surface area contributed by atoms with Crippen molar-refractivity contribution in [2.45, 2.75) is 13.3 Å². The largest absolute Gasteiger partial charge is 0.494 e. The number of nitrogens with zero attached hydrogens (tertiary/aromatic N) is 2. The number of hydrogen-bond acceptors (Lipinski definition) is 4. The molecule has 20 heavy (non-hydrogen) atoms. The Balaban J connectivity index is 2.14. The fraction of sp³-hybridized carbons (Fsp3) is 0.333. The van der Waals surface area contributed by atoms with E-state index in [0.29, 0.717) is 5.69 Å². The molecule has 1 aromatic heterocycles. The summed E-state index contributed by atoms with van der Waals surface area (Å²) in [7, 11) is 3.45. The molecule has 0 unspecified atom stereocenters. The van der Waals surface area contributed by atoms with Crippen LogP contribution in [0, 0.1) is 0 Å². The second-order valence-electron chi connectivity index (χ2n) is 4.61. The molecule has 0 spiro atoms. The van der Waals surface area contributed by atoms with Gasteiger partial charge in [-0.2, -0.15) is 0 Å². The minimum Gasteiger partial charge on any atom is -0.494 e. The van der Waals surface area contributed by atoms with Crippen molar-refractivity contribution >= 4 is 17.2 Å². The summed E-state index contributed by atoms with van der Waals surface area (Å²) in [6, 6.07) is 7.79. The number of aromatic nitrogens is 1. The number of thiazole rings is 1. The van der Waals surface area contributed by atoms with Crippen molar-refractivity contribution in [3.63, 3.8) is 0 Å². The van der Waals surface area contributed by atoms with Crippen molar-refractivity contribution in [1.82, 2.24) is 9.88 Å². The average molecular weight is 290 g/mol. The molecule has 2 rings (SSSR count). The van der Waals surface area contributed by atoms with Crippen LogP contribution >= 0.6 is 11.3 Å². The number of amides is 1. The van der Waals surface area contributed by atoms with Crippen LogP contribution in [0.1, 0.15) is 23.8 Å². The molecule has 1 heterocycles. The van der Waals surface area contributed by atoms with E-state index < -0.39 is 0 Å². The maximum Gasteiger partial charge on any atom is 0.272 e. The first-order valence-corrected chi connectivity index (χ1v) is 7.40. The highest BCUT2D eigenvalue weighted by molar-refractivity contribution is 7.13. The third kappa shape index (κ3) is 3.36. The SMILES string of the molecule is CCCOc1ccc(-c2nc(C(=O)N(C)C)cs2)cc1. The van der Waals surface area contributed by atoms with Gasteiger partial charge in [-0.25, -0.2) is 4.98 Å². The molecule has 0 saturated heterocycles. The Morgan fingerprint density at radius 3 is 2.60 bits per heavy atom. The molecule has 2 aromatic rings. The highest BCUT2D eigenvalue weighted by Gasteiger charge is 2.13. The monoisotopic (exact) mass is 290 g/mol. The minimum absolute atomic E-state index is 0.0737. The van der Waals surface area contributed by atoms with E-state index in [-0.39, 0.29) is 5.91 Å². The Morgan fingerprint density at radius 2 is 2.00 bits per heavy atom. The van der Waals surface area contributed by atoms with Crippen LogP contribution in [0.2, 0.25) is 0 Å². The van der Waals surface area contributed by atoms with Crippen LogP contribution in [-0.4, -0.2) is 36.5 Å². The molecule has 0 fully saturated rings. The van der Waals surface area contributed by atoms with E-state index >= 15 is 0 Å². The number of rotatable bonds is 5. The van der Waals surface area contributed by atoms with Crippen molar-refractivity contribution in [2.24, 2.45) is 0 Å². The average Bonchev–Trinajstić information content (AvgIpc) is 2.94. The number of carbonyl (C=O) groups excluding carboxylic acids is 1. The van der Waals surface area contributed by atoms with E-state index in [1.807, 2.05) is 24.3 Å². The van der Waals surface area contributed by atoms with Gasteiger partial charge in [0.2, 0.25) is 0 Å². The molecule has 0 aliphatic carbocycles. The Hall–Kier alpha value is -1.88. The van der Waals surface area contributed by atoms with Crippen LogP contribution < -0.4 is 4.74 Å². The second kappa shape index (κ2) is 6.52. The zero-order chi connectivity index (χ0) is 14.5. The lowest BCUT2D eigenvalue weighted by molar-refractivity contribution is 0.0823. The summed E-state index contributed by atoms with van der Waals surface area (Å²) in [5.41, 5.74) is 1.48.